The summed E-state index contributed by atoms with van der Waals surface area (Å²) < 4.78 is 11.8. The van der Waals surface area contributed by atoms with Crippen LogP contribution in [-0.2, 0) is 4.74 Å². The Morgan fingerprint density at radius 1 is 1.30 bits per heavy atom. The number of nitrogens with one attached hydrogen (secondary N) is 1. The van der Waals surface area contributed by atoms with Crippen molar-refractivity contribution in [1.82, 2.24) is 5.32 Å². The average Bonchev–Trinajstić information content (AvgIpc) is 2.90. The molecular formula is C17H25NO2. The summed E-state index contributed by atoms with van der Waals surface area (Å²) in [5.41, 5.74) is 0.656. The number of fused-ring (bicyclic) bond motifs is 1. The fraction of sp³-hybridized carbons (Fsp3) is 0.529. The normalized spacial score (nSPS) is 16.2. The van der Waals surface area contributed by atoms with Gasteiger partial charge in [-0.05, 0) is 38.4 Å². The highest BCUT2D eigenvalue weighted by Gasteiger charge is 2.35. The van der Waals surface area contributed by atoms with E-state index < -0.39 is 0 Å². The zero-order valence-electron chi connectivity index (χ0n) is 12.9. The highest BCUT2D eigenvalue weighted by molar-refractivity contribution is 5.77. The van der Waals surface area contributed by atoms with Crippen molar-refractivity contribution in [3.05, 3.63) is 36.1 Å². The Bertz CT molecular complexity index is 510. The minimum Gasteiger partial charge on any atom is -0.459 e. The third-order valence-corrected chi connectivity index (χ3v) is 4.11. The molecule has 1 aromatic carbocycles. The first-order valence-electron chi connectivity index (χ1n) is 7.41. The smallest absolute Gasteiger partial charge is 0.134 e. The Kier molecular flexibility index (Phi) is 4.84. The zero-order valence-corrected chi connectivity index (χ0v) is 12.9. The molecule has 0 amide bonds. The first-order chi connectivity index (χ1) is 9.64. The van der Waals surface area contributed by atoms with Crippen molar-refractivity contribution in [3.63, 3.8) is 0 Å². The lowest BCUT2D eigenvalue weighted by molar-refractivity contribution is -0.0349. The molecule has 1 aromatic heterocycles. The Balaban J connectivity index is 2.39. The van der Waals surface area contributed by atoms with Crippen molar-refractivity contribution in [3.8, 4) is 0 Å². The fourth-order valence-corrected chi connectivity index (χ4v) is 2.52. The molecule has 1 N–H and O–H groups in total. The lowest BCUT2D eigenvalue weighted by atomic mass is 9.91. The largest absolute Gasteiger partial charge is 0.459 e. The van der Waals surface area contributed by atoms with E-state index >= 15 is 0 Å². The molecule has 0 saturated carbocycles. The monoisotopic (exact) mass is 275 g/mol. The number of hydrogen-bond donors (Lipinski definition) is 1. The van der Waals surface area contributed by atoms with Gasteiger partial charge in [0.15, 0.2) is 0 Å². The third kappa shape index (κ3) is 2.89. The van der Waals surface area contributed by atoms with Crippen LogP contribution in [0.5, 0.6) is 0 Å². The van der Waals surface area contributed by atoms with Crippen LogP contribution in [0.15, 0.2) is 34.7 Å². The minimum atomic E-state index is -0.275. The zero-order chi connectivity index (χ0) is 14.6. The van der Waals surface area contributed by atoms with E-state index in [2.05, 4.69) is 38.2 Å². The molecule has 0 aliphatic rings. The second-order valence-electron chi connectivity index (χ2n) is 5.44. The van der Waals surface area contributed by atoms with Crippen LogP contribution in [0, 0.1) is 0 Å². The van der Waals surface area contributed by atoms with Gasteiger partial charge in [0.1, 0.15) is 11.3 Å². The van der Waals surface area contributed by atoms with E-state index in [9.17, 15) is 0 Å². The van der Waals surface area contributed by atoms with Crippen LogP contribution in [0.2, 0.25) is 0 Å². The van der Waals surface area contributed by atoms with Gasteiger partial charge in [-0.3, -0.25) is 0 Å². The topological polar surface area (TPSA) is 34.4 Å². The summed E-state index contributed by atoms with van der Waals surface area (Å²) in [5.74, 6) is 0.950. The maximum Gasteiger partial charge on any atom is 0.134 e. The Morgan fingerprint density at radius 2 is 2.05 bits per heavy atom. The summed E-state index contributed by atoms with van der Waals surface area (Å²) in [5, 5.41) is 4.71. The van der Waals surface area contributed by atoms with E-state index in [1.54, 1.807) is 7.11 Å². The highest BCUT2D eigenvalue weighted by Crippen LogP contribution is 2.34. The highest BCUT2D eigenvalue weighted by atomic mass is 16.5. The van der Waals surface area contributed by atoms with Gasteiger partial charge >= 0.3 is 0 Å². The summed E-state index contributed by atoms with van der Waals surface area (Å²) in [7, 11) is 1.77. The van der Waals surface area contributed by atoms with Gasteiger partial charge in [-0.1, -0.05) is 32.0 Å². The van der Waals surface area contributed by atoms with Crippen molar-refractivity contribution in [2.75, 3.05) is 13.7 Å². The minimum absolute atomic E-state index is 0.0600. The van der Waals surface area contributed by atoms with Gasteiger partial charge < -0.3 is 14.5 Å². The predicted octanol–water partition coefficient (Wildman–Crippen LogP) is 4.29. The van der Waals surface area contributed by atoms with Gasteiger partial charge in [0.25, 0.3) is 0 Å². The molecule has 0 saturated heterocycles. The van der Waals surface area contributed by atoms with Crippen molar-refractivity contribution >= 4 is 11.0 Å². The molecule has 0 bridgehead atoms. The second-order valence-corrected chi connectivity index (χ2v) is 5.44. The van der Waals surface area contributed by atoms with Gasteiger partial charge in [-0.2, -0.15) is 0 Å². The van der Waals surface area contributed by atoms with E-state index in [0.717, 1.165) is 36.1 Å². The number of para-hydroxylation sites is 1. The summed E-state index contributed by atoms with van der Waals surface area (Å²) >= 11 is 0. The molecule has 0 spiro atoms. The first kappa shape index (κ1) is 15.1. The van der Waals surface area contributed by atoms with E-state index in [0.29, 0.717) is 0 Å². The summed E-state index contributed by atoms with van der Waals surface area (Å²) in [6.07, 6.45) is 2.00. The SMILES string of the molecule is CCCNC(c1cc2ccccc2o1)C(C)(CC)OC. The molecule has 0 aliphatic heterocycles. The molecule has 2 unspecified atom stereocenters. The Labute approximate surface area is 121 Å². The fourth-order valence-electron chi connectivity index (χ4n) is 2.52. The van der Waals surface area contributed by atoms with Crippen LogP contribution >= 0.6 is 0 Å². The summed E-state index contributed by atoms with van der Waals surface area (Å²) in [6, 6.07) is 10.3. The van der Waals surface area contributed by atoms with Crippen LogP contribution in [0.4, 0.5) is 0 Å². The van der Waals surface area contributed by atoms with Gasteiger partial charge in [-0.15, -0.1) is 0 Å². The van der Waals surface area contributed by atoms with Crippen molar-refractivity contribution in [2.45, 2.75) is 45.3 Å². The number of hydrogen-bond acceptors (Lipinski definition) is 3. The van der Waals surface area contributed by atoms with Gasteiger partial charge in [0.05, 0.1) is 11.6 Å². The van der Waals surface area contributed by atoms with Gasteiger partial charge in [-0.25, -0.2) is 0 Å². The van der Waals surface area contributed by atoms with Crippen molar-refractivity contribution in [1.29, 1.82) is 0 Å². The van der Waals surface area contributed by atoms with E-state index in [4.69, 9.17) is 9.15 Å². The van der Waals surface area contributed by atoms with Crippen molar-refractivity contribution in [2.24, 2.45) is 0 Å². The number of benzene rings is 1. The molecule has 0 radical (unpaired) electrons. The van der Waals surface area contributed by atoms with Crippen LogP contribution in [-0.4, -0.2) is 19.3 Å². The third-order valence-electron chi connectivity index (χ3n) is 4.11. The standard InChI is InChI=1S/C17H25NO2/c1-5-11-18-16(17(3,6-2)19-4)15-12-13-9-7-8-10-14(13)20-15/h7-10,12,16,18H,5-6,11H2,1-4H3. The molecule has 0 aliphatic carbocycles. The molecule has 1 heterocycles. The maximum absolute atomic E-state index is 6.03. The van der Waals surface area contributed by atoms with Gasteiger partial charge in [0, 0.05) is 12.5 Å². The Hall–Kier alpha value is -1.32. The van der Waals surface area contributed by atoms with E-state index in [-0.39, 0.29) is 11.6 Å². The number of rotatable bonds is 7. The average molecular weight is 275 g/mol. The molecule has 3 heteroatoms. The van der Waals surface area contributed by atoms with Crippen LogP contribution in [0.25, 0.3) is 11.0 Å². The van der Waals surface area contributed by atoms with E-state index in [1.165, 1.54) is 0 Å². The molecule has 2 rings (SSSR count). The quantitative estimate of drug-likeness (QED) is 0.818. The molecule has 110 valence electrons. The first-order valence-corrected chi connectivity index (χ1v) is 7.41. The molecule has 3 nitrogen and oxygen atoms in total. The van der Waals surface area contributed by atoms with E-state index in [1.807, 2.05) is 18.2 Å². The molecular weight excluding hydrogens is 250 g/mol. The molecule has 0 fully saturated rings. The summed E-state index contributed by atoms with van der Waals surface area (Å²) in [6.45, 7) is 7.39. The van der Waals surface area contributed by atoms with Crippen LogP contribution < -0.4 is 5.32 Å². The Morgan fingerprint density at radius 3 is 2.65 bits per heavy atom. The lowest BCUT2D eigenvalue weighted by Gasteiger charge is -2.35. The molecule has 2 aromatic rings. The van der Waals surface area contributed by atoms with Crippen molar-refractivity contribution < 1.29 is 9.15 Å². The maximum atomic E-state index is 6.03. The molecule has 20 heavy (non-hydrogen) atoms. The molecule has 2 atom stereocenters. The predicted molar refractivity (Wildman–Crippen MR) is 83.0 cm³/mol. The number of methoxy groups -OCH3 is 1. The lowest BCUT2D eigenvalue weighted by Crippen LogP contribution is -2.43. The number of ether oxygens (including phenoxy) is 1. The number of furan rings is 1. The summed E-state index contributed by atoms with van der Waals surface area (Å²) in [4.78, 5) is 0. The van der Waals surface area contributed by atoms with Crippen LogP contribution in [0.1, 0.15) is 45.4 Å². The van der Waals surface area contributed by atoms with Gasteiger partial charge in [0.2, 0.25) is 0 Å². The van der Waals surface area contributed by atoms with Crippen LogP contribution in [0.3, 0.4) is 0 Å². The second kappa shape index (κ2) is 6.42.